The van der Waals surface area contributed by atoms with E-state index in [1.807, 2.05) is 23.9 Å². The smallest absolute Gasteiger partial charge is 0.408 e. The molecule has 0 aliphatic carbocycles. The molecule has 2 aromatic carbocycles. The molecule has 6 nitrogen and oxygen atoms in total. The standard InChI is InChI=1S/C14H11ClS.C10H10F3N3O3/c15-13-6-3-5-10-8-11-4-1-2-7-14(11)16-9-12(10)13;1-5(10(11,12)13)15-4-14-16-3-2-6(17)8(18)7(16)9(15)19/h1-7H,8-9H2;2-3,5,14,18H,4H2,1H3/t;5-/m.1/s1. The van der Waals surface area contributed by atoms with E-state index in [1.54, 1.807) is 0 Å². The van der Waals surface area contributed by atoms with E-state index in [9.17, 15) is 27.9 Å². The largest absolute Gasteiger partial charge is 0.502 e. The van der Waals surface area contributed by atoms with Crippen molar-refractivity contribution in [3.63, 3.8) is 0 Å². The molecule has 2 aliphatic heterocycles. The van der Waals surface area contributed by atoms with Gasteiger partial charge in [-0.1, -0.05) is 41.9 Å². The van der Waals surface area contributed by atoms with Gasteiger partial charge in [0.1, 0.15) is 12.7 Å². The highest BCUT2D eigenvalue weighted by atomic mass is 35.5. The summed E-state index contributed by atoms with van der Waals surface area (Å²) in [7, 11) is 0. The van der Waals surface area contributed by atoms with Gasteiger partial charge < -0.3 is 15.4 Å². The first-order chi connectivity index (χ1) is 16.6. The van der Waals surface area contributed by atoms with E-state index in [4.69, 9.17) is 11.6 Å². The Bertz CT molecular complexity index is 1330. The maximum Gasteiger partial charge on any atom is 0.408 e. The number of carbonyl (C=O) groups is 1. The van der Waals surface area contributed by atoms with Gasteiger partial charge in [0.2, 0.25) is 5.43 Å². The van der Waals surface area contributed by atoms with Crippen molar-refractivity contribution >= 4 is 29.3 Å². The Morgan fingerprint density at radius 3 is 2.54 bits per heavy atom. The lowest BCUT2D eigenvalue weighted by Crippen LogP contribution is -2.54. The second kappa shape index (κ2) is 9.87. The van der Waals surface area contributed by atoms with Crippen LogP contribution in [0.15, 0.2) is 64.4 Å². The van der Waals surface area contributed by atoms with Crippen molar-refractivity contribution in [3.8, 4) is 5.75 Å². The van der Waals surface area contributed by atoms with Crippen LogP contribution in [0.1, 0.15) is 34.1 Å². The summed E-state index contributed by atoms with van der Waals surface area (Å²) >= 11 is 8.13. The zero-order chi connectivity index (χ0) is 25.3. The summed E-state index contributed by atoms with van der Waals surface area (Å²) < 4.78 is 38.9. The van der Waals surface area contributed by atoms with E-state index in [2.05, 4.69) is 35.8 Å². The Morgan fingerprint density at radius 2 is 1.80 bits per heavy atom. The lowest BCUT2D eigenvalue weighted by molar-refractivity contribution is -0.172. The fourth-order valence-electron chi connectivity index (χ4n) is 3.79. The average Bonchev–Trinajstić information content (AvgIpc) is 3.01. The molecule has 0 radical (unpaired) electrons. The molecule has 0 bridgehead atoms. The number of hydrogen-bond acceptors (Lipinski definition) is 5. The maximum absolute atomic E-state index is 12.6. The molecule has 3 aromatic rings. The molecule has 0 unspecified atom stereocenters. The summed E-state index contributed by atoms with van der Waals surface area (Å²) in [5.74, 6) is -0.954. The second-order valence-electron chi connectivity index (χ2n) is 8.01. The maximum atomic E-state index is 12.6. The average molecular weight is 524 g/mol. The van der Waals surface area contributed by atoms with Gasteiger partial charge in [0.15, 0.2) is 11.4 Å². The van der Waals surface area contributed by atoms with Gasteiger partial charge in [-0.25, -0.2) is 0 Å². The first-order valence-corrected chi connectivity index (χ1v) is 12.0. The lowest BCUT2D eigenvalue weighted by atomic mass is 10.0. The highest BCUT2D eigenvalue weighted by Crippen LogP contribution is 2.36. The normalized spacial score (nSPS) is 15.5. The van der Waals surface area contributed by atoms with Crippen molar-refractivity contribution in [2.75, 3.05) is 12.1 Å². The van der Waals surface area contributed by atoms with Gasteiger partial charge in [-0.15, -0.1) is 11.8 Å². The van der Waals surface area contributed by atoms with Crippen molar-refractivity contribution in [2.45, 2.75) is 36.2 Å². The molecule has 1 aromatic heterocycles. The quantitative estimate of drug-likeness (QED) is 0.470. The Kier molecular flexibility index (Phi) is 7.05. The number of amides is 1. The number of pyridine rings is 1. The molecule has 2 aliphatic rings. The van der Waals surface area contributed by atoms with Gasteiger partial charge in [-0.3, -0.25) is 14.3 Å². The minimum absolute atomic E-state index is 0.380. The van der Waals surface area contributed by atoms with Crippen molar-refractivity contribution in [3.05, 3.63) is 92.4 Å². The van der Waals surface area contributed by atoms with Crippen LogP contribution in [-0.4, -0.2) is 39.5 Å². The predicted molar refractivity (Wildman–Crippen MR) is 129 cm³/mol. The van der Waals surface area contributed by atoms with Crippen molar-refractivity contribution in [1.82, 2.24) is 9.58 Å². The first-order valence-electron chi connectivity index (χ1n) is 10.6. The third-order valence-electron chi connectivity index (χ3n) is 5.83. The molecule has 0 spiro atoms. The highest BCUT2D eigenvalue weighted by Gasteiger charge is 2.44. The number of fused-ring (bicyclic) bond motifs is 3. The number of nitrogens with one attached hydrogen (secondary N) is 1. The van der Waals surface area contributed by atoms with Gasteiger partial charge in [0, 0.05) is 27.9 Å². The number of aromatic nitrogens is 1. The molecule has 5 rings (SSSR count). The summed E-state index contributed by atoms with van der Waals surface area (Å²) in [4.78, 5) is 25.0. The molecule has 1 atom stereocenters. The van der Waals surface area contributed by atoms with Gasteiger partial charge in [0.05, 0.1) is 0 Å². The van der Waals surface area contributed by atoms with Gasteiger partial charge >= 0.3 is 6.18 Å². The number of rotatable bonds is 1. The summed E-state index contributed by atoms with van der Waals surface area (Å²) in [6.45, 7) is 0.447. The van der Waals surface area contributed by atoms with Crippen molar-refractivity contribution in [2.24, 2.45) is 0 Å². The third-order valence-corrected chi connectivity index (χ3v) is 7.33. The van der Waals surface area contributed by atoms with Crippen LogP contribution in [0.4, 0.5) is 13.2 Å². The SMILES string of the molecule is C[C@@H](N1CNn2ccc(=O)c(O)c2C1=O)C(F)(F)F.Clc1cccc2c1CSc1ccccc1C2. The minimum Gasteiger partial charge on any atom is -0.502 e. The Hall–Kier alpha value is -3.11. The zero-order valence-electron chi connectivity index (χ0n) is 18.5. The van der Waals surface area contributed by atoms with Crippen LogP contribution in [0.25, 0.3) is 0 Å². The Balaban J connectivity index is 0.000000167. The molecule has 0 saturated heterocycles. The molecular formula is C24H21ClF3N3O3S. The molecule has 0 fully saturated rings. The summed E-state index contributed by atoms with van der Waals surface area (Å²) in [5.41, 5.74) is 5.22. The number of halogens is 4. The van der Waals surface area contributed by atoms with Crippen molar-refractivity contribution < 1.29 is 23.1 Å². The number of hydrogen-bond donors (Lipinski definition) is 2. The molecule has 184 valence electrons. The van der Waals surface area contributed by atoms with Gasteiger partial charge in [0.25, 0.3) is 5.91 Å². The van der Waals surface area contributed by atoms with Gasteiger partial charge in [-0.05, 0) is 42.2 Å². The molecule has 0 saturated carbocycles. The summed E-state index contributed by atoms with van der Waals surface area (Å²) in [5, 5.41) is 10.4. The summed E-state index contributed by atoms with van der Waals surface area (Å²) in [6, 6.07) is 13.8. The van der Waals surface area contributed by atoms with Crippen LogP contribution in [0.2, 0.25) is 5.02 Å². The van der Waals surface area contributed by atoms with E-state index >= 15 is 0 Å². The van der Waals surface area contributed by atoms with Crippen LogP contribution in [0.5, 0.6) is 5.75 Å². The molecular weight excluding hydrogens is 503 g/mol. The van der Waals surface area contributed by atoms with Crippen LogP contribution in [0, 0.1) is 0 Å². The van der Waals surface area contributed by atoms with E-state index < -0.39 is 35.0 Å². The fourth-order valence-corrected chi connectivity index (χ4v) is 5.27. The van der Waals surface area contributed by atoms with Crippen LogP contribution in [0.3, 0.4) is 0 Å². The van der Waals surface area contributed by atoms with E-state index in [0.717, 1.165) is 34.9 Å². The van der Waals surface area contributed by atoms with E-state index in [1.165, 1.54) is 27.8 Å². The number of nitrogens with zero attached hydrogens (tertiary/aromatic N) is 2. The van der Waals surface area contributed by atoms with Crippen LogP contribution >= 0.6 is 23.4 Å². The minimum atomic E-state index is -4.59. The number of carbonyl (C=O) groups excluding carboxylic acids is 1. The molecule has 2 N–H and O–H groups in total. The molecule has 11 heteroatoms. The van der Waals surface area contributed by atoms with Crippen LogP contribution in [-0.2, 0) is 12.2 Å². The predicted octanol–water partition coefficient (Wildman–Crippen LogP) is 5.00. The monoisotopic (exact) mass is 523 g/mol. The third kappa shape index (κ3) is 5.13. The Labute approximate surface area is 208 Å². The summed E-state index contributed by atoms with van der Waals surface area (Å²) in [6.07, 6.45) is -2.42. The van der Waals surface area contributed by atoms with Crippen molar-refractivity contribution in [1.29, 1.82) is 0 Å². The lowest BCUT2D eigenvalue weighted by Gasteiger charge is -2.35. The molecule has 1 amide bonds. The number of benzene rings is 2. The number of alkyl halides is 3. The second-order valence-corrected chi connectivity index (χ2v) is 9.43. The molecule has 3 heterocycles. The van der Waals surface area contributed by atoms with E-state index in [0.29, 0.717) is 4.90 Å². The highest BCUT2D eigenvalue weighted by molar-refractivity contribution is 7.98. The first kappa shape index (κ1) is 25.0. The number of aromatic hydroxyl groups is 1. The molecule has 35 heavy (non-hydrogen) atoms. The fraction of sp³-hybridized carbons (Fsp3) is 0.250. The number of thioether (sulfide) groups is 1. The van der Waals surface area contributed by atoms with Crippen LogP contribution < -0.4 is 10.9 Å². The van der Waals surface area contributed by atoms with Gasteiger partial charge in [-0.2, -0.15) is 13.2 Å². The van der Waals surface area contributed by atoms with E-state index in [-0.39, 0.29) is 6.67 Å². The zero-order valence-corrected chi connectivity index (χ0v) is 20.0. The Morgan fingerprint density at radius 1 is 1.09 bits per heavy atom. The topological polar surface area (TPSA) is 74.6 Å².